The molecule has 7 atom stereocenters. The Morgan fingerprint density at radius 3 is 1.50 bits per heavy atom. The first-order valence-corrected chi connectivity index (χ1v) is 15.0. The van der Waals surface area contributed by atoms with E-state index in [0.717, 1.165) is 25.9 Å². The maximum Gasteiger partial charge on any atom is 0.472 e. The number of nitrogens with one attached hydrogen (secondary N) is 4. The van der Waals surface area contributed by atoms with Crippen LogP contribution in [0, 0.1) is 5.92 Å². The third-order valence-corrected chi connectivity index (χ3v) is 7.41. The minimum Gasteiger partial charge on any atom is -0.310 e. The number of rotatable bonds is 16. The molecule has 0 bridgehead atoms. The number of phosphoric ester groups is 2. The molecule has 12 nitrogen and oxygen atoms in total. The highest BCUT2D eigenvalue weighted by Gasteiger charge is 2.31. The molecule has 0 saturated carbocycles. The summed E-state index contributed by atoms with van der Waals surface area (Å²) in [5, 5.41) is 13.3. The molecule has 34 heavy (non-hydrogen) atoms. The van der Waals surface area contributed by atoms with E-state index in [1.807, 2.05) is 0 Å². The summed E-state index contributed by atoms with van der Waals surface area (Å²) in [6.45, 7) is 11.3. The Labute approximate surface area is 203 Å². The Morgan fingerprint density at radius 1 is 0.765 bits per heavy atom. The van der Waals surface area contributed by atoms with Crippen LogP contribution < -0.4 is 21.3 Å². The zero-order chi connectivity index (χ0) is 25.4. The van der Waals surface area contributed by atoms with Crippen LogP contribution in [-0.2, 0) is 27.2 Å². The van der Waals surface area contributed by atoms with Gasteiger partial charge in [-0.15, -0.1) is 0 Å². The van der Waals surface area contributed by atoms with Gasteiger partial charge in [0, 0.05) is 55.3 Å². The van der Waals surface area contributed by atoms with Gasteiger partial charge in [0.2, 0.25) is 0 Å². The molecule has 2 aliphatic rings. The quantitative estimate of drug-likeness (QED) is 0.159. The standard InChI is InChI=1S/C20H44N4O8P2/c1-14(2)23-17-6-19(21-8-17)12-31-33(25,26)29-10-16(5)11-30-34(27,28)32-13-20-7-18(9-22-20)24-15(3)4/h14-24H,6-13H2,1-5H3,(H,25,26)(H,27,28)/t16?,17-,18+,19?,20?. The lowest BCUT2D eigenvalue weighted by atomic mass is 10.1. The van der Waals surface area contributed by atoms with Crippen LogP contribution in [-0.4, -0.2) is 85.6 Å². The van der Waals surface area contributed by atoms with Gasteiger partial charge in [0.05, 0.1) is 26.4 Å². The smallest absolute Gasteiger partial charge is 0.310 e. The number of phosphoric acid groups is 2. The molecule has 2 fully saturated rings. The van der Waals surface area contributed by atoms with E-state index in [-0.39, 0.29) is 38.5 Å². The highest BCUT2D eigenvalue weighted by Crippen LogP contribution is 2.46. The van der Waals surface area contributed by atoms with Gasteiger partial charge in [-0.05, 0) is 12.8 Å². The fraction of sp³-hybridized carbons (Fsp3) is 1.00. The first-order valence-electron chi connectivity index (χ1n) is 12.1. The molecule has 2 saturated heterocycles. The van der Waals surface area contributed by atoms with Crippen LogP contribution in [0.3, 0.4) is 0 Å². The molecule has 202 valence electrons. The fourth-order valence-corrected chi connectivity index (χ4v) is 5.79. The fourth-order valence-electron chi connectivity index (χ4n) is 4.02. The average molecular weight is 531 g/mol. The van der Waals surface area contributed by atoms with E-state index < -0.39 is 21.6 Å². The highest BCUT2D eigenvalue weighted by molar-refractivity contribution is 7.47. The normalized spacial score (nSPS) is 30.0. The number of hydrogen-bond donors (Lipinski definition) is 6. The molecular weight excluding hydrogens is 486 g/mol. The highest BCUT2D eigenvalue weighted by atomic mass is 31.2. The minimum atomic E-state index is -4.25. The lowest BCUT2D eigenvalue weighted by Crippen LogP contribution is -2.35. The molecule has 2 heterocycles. The van der Waals surface area contributed by atoms with E-state index in [9.17, 15) is 18.9 Å². The summed E-state index contributed by atoms with van der Waals surface area (Å²) in [4.78, 5) is 19.9. The molecular formula is C20H44N4O8P2. The summed E-state index contributed by atoms with van der Waals surface area (Å²) in [6, 6.07) is 1.24. The molecule has 0 radical (unpaired) electrons. The van der Waals surface area contributed by atoms with Crippen LogP contribution in [0.1, 0.15) is 47.5 Å². The van der Waals surface area contributed by atoms with Crippen LogP contribution in [0.25, 0.3) is 0 Å². The van der Waals surface area contributed by atoms with Gasteiger partial charge in [-0.1, -0.05) is 34.6 Å². The third-order valence-electron chi connectivity index (χ3n) is 5.50. The molecule has 2 aliphatic heterocycles. The Bertz CT molecular complexity index is 645. The first kappa shape index (κ1) is 30.3. The van der Waals surface area contributed by atoms with E-state index in [1.165, 1.54) is 0 Å². The zero-order valence-corrected chi connectivity index (χ0v) is 22.7. The second-order valence-corrected chi connectivity index (χ2v) is 12.9. The van der Waals surface area contributed by atoms with E-state index in [0.29, 0.717) is 24.2 Å². The van der Waals surface area contributed by atoms with Crippen molar-refractivity contribution in [3.63, 3.8) is 0 Å². The molecule has 6 N–H and O–H groups in total. The topological polar surface area (TPSA) is 160 Å². The maximum absolute atomic E-state index is 12.2. The Balaban J connectivity index is 1.60. The van der Waals surface area contributed by atoms with Crippen molar-refractivity contribution in [3.8, 4) is 0 Å². The molecule has 0 aliphatic carbocycles. The molecule has 5 unspecified atom stereocenters. The van der Waals surface area contributed by atoms with Crippen molar-refractivity contribution in [1.29, 1.82) is 0 Å². The van der Waals surface area contributed by atoms with E-state index in [1.54, 1.807) is 6.92 Å². The lowest BCUT2D eigenvalue weighted by Gasteiger charge is -2.20. The van der Waals surface area contributed by atoms with Gasteiger partial charge in [0.25, 0.3) is 0 Å². The molecule has 0 spiro atoms. The van der Waals surface area contributed by atoms with Gasteiger partial charge in [-0.3, -0.25) is 18.1 Å². The first-order chi connectivity index (χ1) is 15.8. The molecule has 14 heteroatoms. The number of hydrogen-bond acceptors (Lipinski definition) is 10. The molecule has 0 amide bonds. The van der Waals surface area contributed by atoms with Crippen molar-refractivity contribution in [2.24, 2.45) is 5.92 Å². The van der Waals surface area contributed by atoms with Crippen molar-refractivity contribution in [1.82, 2.24) is 21.3 Å². The predicted octanol–water partition coefficient (Wildman–Crippen LogP) is 1.35. The van der Waals surface area contributed by atoms with Gasteiger partial charge in [0.1, 0.15) is 0 Å². The molecule has 0 aromatic heterocycles. The largest absolute Gasteiger partial charge is 0.472 e. The van der Waals surface area contributed by atoms with Crippen molar-refractivity contribution >= 4 is 15.6 Å². The van der Waals surface area contributed by atoms with Crippen LogP contribution in [0.4, 0.5) is 0 Å². The van der Waals surface area contributed by atoms with Gasteiger partial charge >= 0.3 is 15.6 Å². The van der Waals surface area contributed by atoms with Gasteiger partial charge < -0.3 is 31.1 Å². The lowest BCUT2D eigenvalue weighted by molar-refractivity contribution is 0.0931. The minimum absolute atomic E-state index is 0.0377. The molecule has 0 aromatic rings. The average Bonchev–Trinajstić information content (AvgIpc) is 3.36. The van der Waals surface area contributed by atoms with E-state index in [4.69, 9.17) is 18.1 Å². The molecule has 0 aromatic carbocycles. The summed E-state index contributed by atoms with van der Waals surface area (Å²) in [7, 11) is -8.49. The van der Waals surface area contributed by atoms with Crippen molar-refractivity contribution in [3.05, 3.63) is 0 Å². The van der Waals surface area contributed by atoms with Crippen LogP contribution >= 0.6 is 15.6 Å². The Morgan fingerprint density at radius 2 is 1.15 bits per heavy atom. The van der Waals surface area contributed by atoms with Crippen LogP contribution in [0.2, 0.25) is 0 Å². The SMILES string of the molecule is CC(COP(=O)(O)OCC1C[C@H](NC(C)C)CN1)COP(=O)(O)OCC1C[C@@H](NC(C)C)CN1. The van der Waals surface area contributed by atoms with Gasteiger partial charge in [-0.2, -0.15) is 0 Å². The Hall–Kier alpha value is 0.0600. The maximum atomic E-state index is 12.2. The monoisotopic (exact) mass is 530 g/mol. The second kappa shape index (κ2) is 14.1. The summed E-state index contributed by atoms with van der Waals surface area (Å²) in [5.41, 5.74) is 0. The van der Waals surface area contributed by atoms with Crippen molar-refractivity contribution < 1.29 is 37.0 Å². The third kappa shape index (κ3) is 12.3. The zero-order valence-electron chi connectivity index (χ0n) is 20.9. The Kier molecular flexibility index (Phi) is 12.6. The van der Waals surface area contributed by atoms with Gasteiger partial charge in [-0.25, -0.2) is 9.13 Å². The van der Waals surface area contributed by atoms with Crippen LogP contribution in [0.5, 0.6) is 0 Å². The second-order valence-electron chi connectivity index (χ2n) is 9.94. The summed E-state index contributed by atoms with van der Waals surface area (Å²) in [5.74, 6) is -0.429. The summed E-state index contributed by atoms with van der Waals surface area (Å²) >= 11 is 0. The van der Waals surface area contributed by atoms with E-state index in [2.05, 4.69) is 49.0 Å². The summed E-state index contributed by atoms with van der Waals surface area (Å²) in [6.07, 6.45) is 1.58. The van der Waals surface area contributed by atoms with Crippen molar-refractivity contribution in [2.45, 2.75) is 83.7 Å². The van der Waals surface area contributed by atoms with Crippen LogP contribution in [0.15, 0.2) is 0 Å². The van der Waals surface area contributed by atoms with E-state index >= 15 is 0 Å². The summed E-state index contributed by atoms with van der Waals surface area (Å²) < 4.78 is 44.6. The predicted molar refractivity (Wildman–Crippen MR) is 130 cm³/mol. The molecule has 2 rings (SSSR count). The van der Waals surface area contributed by atoms with Crippen molar-refractivity contribution in [2.75, 3.05) is 39.5 Å². The van der Waals surface area contributed by atoms with Gasteiger partial charge in [0.15, 0.2) is 0 Å².